The third kappa shape index (κ3) is 6.03. The van der Waals surface area contributed by atoms with Crippen molar-refractivity contribution in [1.29, 1.82) is 0 Å². The Kier molecular flexibility index (Phi) is 7.39. The lowest BCUT2D eigenvalue weighted by atomic mass is 10.2. The van der Waals surface area contributed by atoms with Crippen molar-refractivity contribution in [2.45, 2.75) is 29.9 Å². The van der Waals surface area contributed by atoms with Crippen molar-refractivity contribution in [1.82, 2.24) is 10.2 Å². The number of amides is 1. The molecule has 3 rings (SSSR count). The van der Waals surface area contributed by atoms with E-state index in [2.05, 4.69) is 22.4 Å². The van der Waals surface area contributed by atoms with Crippen LogP contribution in [-0.4, -0.2) is 22.7 Å². The summed E-state index contributed by atoms with van der Waals surface area (Å²) >= 11 is 2.79. The van der Waals surface area contributed by atoms with E-state index in [9.17, 15) is 9.18 Å². The maximum Gasteiger partial charge on any atom is 0.257 e. The van der Waals surface area contributed by atoms with E-state index in [0.717, 1.165) is 28.5 Å². The van der Waals surface area contributed by atoms with Crippen molar-refractivity contribution in [3.8, 4) is 5.75 Å². The number of unbranched alkanes of at least 4 members (excludes halogenated alkanes) is 1. The molecule has 0 aliphatic rings. The van der Waals surface area contributed by atoms with E-state index in [1.807, 2.05) is 0 Å². The van der Waals surface area contributed by atoms with Gasteiger partial charge in [0.25, 0.3) is 5.91 Å². The number of nitrogens with one attached hydrogen (secondary N) is 1. The molecule has 3 aromatic rings. The van der Waals surface area contributed by atoms with Gasteiger partial charge < -0.3 is 4.74 Å². The second-order valence-electron chi connectivity index (χ2n) is 5.97. The van der Waals surface area contributed by atoms with Crippen molar-refractivity contribution in [2.24, 2.45) is 0 Å². The molecule has 5 nitrogen and oxygen atoms in total. The van der Waals surface area contributed by atoms with Gasteiger partial charge in [-0.05, 0) is 48.4 Å². The molecule has 1 heterocycles. The molecule has 0 saturated carbocycles. The molecule has 0 aliphatic carbocycles. The first-order chi connectivity index (χ1) is 13.6. The Bertz CT molecular complexity index is 899. The highest BCUT2D eigenvalue weighted by Crippen LogP contribution is 2.28. The highest BCUT2D eigenvalue weighted by atomic mass is 32.2. The van der Waals surface area contributed by atoms with Crippen molar-refractivity contribution in [3.05, 3.63) is 65.5 Å². The highest BCUT2D eigenvalue weighted by Gasteiger charge is 2.11. The predicted octanol–water partition coefficient (Wildman–Crippen LogP) is 5.40. The van der Waals surface area contributed by atoms with Crippen LogP contribution in [0.5, 0.6) is 5.75 Å². The first-order valence-corrected chi connectivity index (χ1v) is 10.7. The summed E-state index contributed by atoms with van der Waals surface area (Å²) in [6.45, 7) is 2.78. The van der Waals surface area contributed by atoms with Gasteiger partial charge >= 0.3 is 0 Å². The van der Waals surface area contributed by atoms with Gasteiger partial charge in [-0.3, -0.25) is 10.1 Å². The fourth-order valence-corrected chi connectivity index (χ4v) is 3.95. The molecule has 0 radical (unpaired) electrons. The minimum atomic E-state index is -0.254. The van der Waals surface area contributed by atoms with Crippen LogP contribution in [0.15, 0.2) is 52.9 Å². The second kappa shape index (κ2) is 10.2. The van der Waals surface area contributed by atoms with Crippen LogP contribution in [0.1, 0.15) is 35.7 Å². The van der Waals surface area contributed by atoms with Gasteiger partial charge in [-0.15, -0.1) is 10.2 Å². The summed E-state index contributed by atoms with van der Waals surface area (Å²) in [5, 5.41) is 11.3. The molecular weight excluding hydrogens is 397 g/mol. The Morgan fingerprint density at radius 3 is 2.61 bits per heavy atom. The van der Waals surface area contributed by atoms with Gasteiger partial charge in [0.1, 0.15) is 11.6 Å². The van der Waals surface area contributed by atoms with Crippen LogP contribution in [0.25, 0.3) is 0 Å². The van der Waals surface area contributed by atoms with Gasteiger partial charge in [-0.2, -0.15) is 0 Å². The van der Waals surface area contributed by atoms with E-state index < -0.39 is 0 Å². The van der Waals surface area contributed by atoms with Crippen LogP contribution in [0.3, 0.4) is 0 Å². The summed E-state index contributed by atoms with van der Waals surface area (Å²) < 4.78 is 19.3. The summed E-state index contributed by atoms with van der Waals surface area (Å²) in [7, 11) is 0. The topological polar surface area (TPSA) is 64.1 Å². The lowest BCUT2D eigenvalue weighted by molar-refractivity contribution is 0.102. The molecule has 0 unspecified atom stereocenters. The Hall–Kier alpha value is -2.45. The highest BCUT2D eigenvalue weighted by molar-refractivity contribution is 8.00. The maximum absolute atomic E-state index is 12.9. The number of carbonyl (C=O) groups is 1. The molecule has 28 heavy (non-hydrogen) atoms. The van der Waals surface area contributed by atoms with Gasteiger partial charge in [-0.1, -0.05) is 48.6 Å². The molecule has 1 aromatic heterocycles. The van der Waals surface area contributed by atoms with E-state index in [-0.39, 0.29) is 11.7 Å². The third-order valence-electron chi connectivity index (χ3n) is 3.79. The normalized spacial score (nSPS) is 10.6. The quantitative estimate of drug-likeness (QED) is 0.287. The second-order valence-corrected chi connectivity index (χ2v) is 8.17. The van der Waals surface area contributed by atoms with Crippen molar-refractivity contribution >= 4 is 34.1 Å². The van der Waals surface area contributed by atoms with Gasteiger partial charge in [-0.25, -0.2) is 4.39 Å². The number of carbonyl (C=O) groups excluding carboxylic acids is 1. The minimum absolute atomic E-state index is 0.244. The molecule has 146 valence electrons. The molecule has 0 aliphatic heterocycles. The fourth-order valence-electron chi connectivity index (χ4n) is 2.25. The number of aromatic nitrogens is 2. The summed E-state index contributed by atoms with van der Waals surface area (Å²) in [6.07, 6.45) is 2.08. The molecule has 0 fully saturated rings. The number of ether oxygens (including phenoxy) is 1. The van der Waals surface area contributed by atoms with E-state index in [1.54, 1.807) is 36.4 Å². The summed E-state index contributed by atoms with van der Waals surface area (Å²) in [5.41, 5.74) is 1.52. The standard InChI is InChI=1S/C20H20FN3O2S2/c1-2-3-12-26-17-10-6-15(7-11-17)18(25)22-19-23-24-20(28-19)27-13-14-4-8-16(21)9-5-14/h4-11H,2-3,12-13H2,1H3,(H,22,23,25). The first-order valence-electron chi connectivity index (χ1n) is 8.89. The summed E-state index contributed by atoms with van der Waals surface area (Å²) in [5.74, 6) is 0.907. The van der Waals surface area contributed by atoms with Crippen LogP contribution < -0.4 is 10.1 Å². The zero-order valence-electron chi connectivity index (χ0n) is 15.4. The molecule has 0 atom stereocenters. The number of anilines is 1. The number of halogens is 1. The van der Waals surface area contributed by atoms with E-state index in [4.69, 9.17) is 4.74 Å². The molecule has 8 heteroatoms. The predicted molar refractivity (Wildman–Crippen MR) is 111 cm³/mol. The third-order valence-corrected chi connectivity index (χ3v) is 5.83. The number of thioether (sulfide) groups is 1. The Morgan fingerprint density at radius 2 is 1.89 bits per heavy atom. The van der Waals surface area contributed by atoms with Gasteiger partial charge in [0.2, 0.25) is 5.13 Å². The molecule has 0 saturated heterocycles. The van der Waals surface area contributed by atoms with E-state index >= 15 is 0 Å². The van der Waals surface area contributed by atoms with Gasteiger partial charge in [0, 0.05) is 11.3 Å². The number of benzene rings is 2. The fraction of sp³-hybridized carbons (Fsp3) is 0.250. The lowest BCUT2D eigenvalue weighted by Crippen LogP contribution is -2.11. The monoisotopic (exact) mass is 417 g/mol. The summed E-state index contributed by atoms with van der Waals surface area (Å²) in [4.78, 5) is 12.4. The average Bonchev–Trinajstić information content (AvgIpc) is 3.15. The minimum Gasteiger partial charge on any atom is -0.494 e. The Labute approximate surface area is 171 Å². The Balaban J connectivity index is 1.51. The van der Waals surface area contributed by atoms with Gasteiger partial charge in [0.15, 0.2) is 4.34 Å². The van der Waals surface area contributed by atoms with Crippen molar-refractivity contribution in [3.63, 3.8) is 0 Å². The van der Waals surface area contributed by atoms with E-state index in [0.29, 0.717) is 23.1 Å². The van der Waals surface area contributed by atoms with Crippen LogP contribution in [-0.2, 0) is 5.75 Å². The molecule has 0 bridgehead atoms. The average molecular weight is 418 g/mol. The molecule has 2 aromatic carbocycles. The smallest absolute Gasteiger partial charge is 0.257 e. The van der Waals surface area contributed by atoms with Crippen molar-refractivity contribution in [2.75, 3.05) is 11.9 Å². The van der Waals surface area contributed by atoms with Crippen LogP contribution in [0.4, 0.5) is 9.52 Å². The SMILES string of the molecule is CCCCOc1ccc(C(=O)Nc2nnc(SCc3ccc(F)cc3)s2)cc1. The number of nitrogens with zero attached hydrogens (tertiary/aromatic N) is 2. The maximum atomic E-state index is 12.9. The number of hydrogen-bond acceptors (Lipinski definition) is 6. The van der Waals surface area contributed by atoms with Crippen molar-refractivity contribution < 1.29 is 13.9 Å². The van der Waals surface area contributed by atoms with Gasteiger partial charge in [0.05, 0.1) is 6.61 Å². The Morgan fingerprint density at radius 1 is 1.14 bits per heavy atom. The number of hydrogen-bond donors (Lipinski definition) is 1. The summed E-state index contributed by atoms with van der Waals surface area (Å²) in [6, 6.07) is 13.4. The zero-order chi connectivity index (χ0) is 19.8. The molecular formula is C20H20FN3O2S2. The van der Waals surface area contributed by atoms with Crippen LogP contribution in [0.2, 0.25) is 0 Å². The molecule has 1 N–H and O–H groups in total. The zero-order valence-corrected chi connectivity index (χ0v) is 17.0. The van der Waals surface area contributed by atoms with Crippen LogP contribution in [0, 0.1) is 5.82 Å². The first kappa shape index (κ1) is 20.3. The number of rotatable bonds is 9. The molecule has 0 spiro atoms. The lowest BCUT2D eigenvalue weighted by Gasteiger charge is -2.06. The van der Waals surface area contributed by atoms with Crippen LogP contribution >= 0.6 is 23.1 Å². The largest absolute Gasteiger partial charge is 0.494 e. The molecule has 1 amide bonds. The van der Waals surface area contributed by atoms with E-state index in [1.165, 1.54) is 35.2 Å².